The molecule has 1 atom stereocenters. The van der Waals surface area contributed by atoms with Crippen LogP contribution in [0, 0.1) is 0 Å². The highest BCUT2D eigenvalue weighted by molar-refractivity contribution is 6.29. The molecule has 14 heteroatoms. The highest BCUT2D eigenvalue weighted by atomic mass is 35.5. The zero-order chi connectivity index (χ0) is 31.1. The third-order valence-corrected chi connectivity index (χ3v) is 7.39. The Balaban J connectivity index is 1.35. The van der Waals surface area contributed by atoms with Gasteiger partial charge < -0.3 is 34.6 Å². The van der Waals surface area contributed by atoms with Crippen LogP contribution in [0.4, 0.5) is 16.3 Å². The fourth-order valence-corrected chi connectivity index (χ4v) is 5.10. The summed E-state index contributed by atoms with van der Waals surface area (Å²) in [5.74, 6) is 2.65. The number of urea groups is 1. The Morgan fingerprint density at radius 3 is 2.45 bits per heavy atom. The fourth-order valence-electron chi connectivity index (χ4n) is 4.93. The topological polar surface area (TPSA) is 136 Å². The van der Waals surface area contributed by atoms with Gasteiger partial charge in [-0.1, -0.05) is 11.6 Å². The highest BCUT2D eigenvalue weighted by Gasteiger charge is 2.33. The molecule has 2 N–H and O–H groups in total. The number of rotatable bonds is 10. The lowest BCUT2D eigenvalue weighted by atomic mass is 10.1. The minimum Gasteiger partial charge on any atom is -0.497 e. The first-order chi connectivity index (χ1) is 21.4. The van der Waals surface area contributed by atoms with Crippen molar-refractivity contribution in [1.29, 1.82) is 0 Å². The highest BCUT2D eigenvalue weighted by Crippen LogP contribution is 2.26. The van der Waals surface area contributed by atoms with Gasteiger partial charge in [0.1, 0.15) is 34.5 Å². The number of nitrogens with zero attached hydrogens (tertiary/aromatic N) is 6. The zero-order valence-corrected chi connectivity index (χ0v) is 25.3. The van der Waals surface area contributed by atoms with Crippen LogP contribution in [0.15, 0.2) is 67.3 Å². The molecule has 1 aliphatic heterocycles. The molecule has 13 nitrogen and oxygen atoms in total. The number of aromatic nitrogens is 4. The number of carbonyl (C=O) groups excluding carboxylic acids is 2. The second-order valence-electron chi connectivity index (χ2n) is 9.93. The van der Waals surface area contributed by atoms with E-state index in [-0.39, 0.29) is 36.6 Å². The molecule has 1 unspecified atom stereocenters. The molecule has 1 fully saturated rings. The van der Waals surface area contributed by atoms with Gasteiger partial charge in [-0.05, 0) is 42.5 Å². The van der Waals surface area contributed by atoms with Crippen LogP contribution in [-0.2, 0) is 11.3 Å². The lowest BCUT2D eigenvalue weighted by Crippen LogP contribution is -2.57. The maximum atomic E-state index is 13.4. The summed E-state index contributed by atoms with van der Waals surface area (Å²) >= 11 is 6.41. The summed E-state index contributed by atoms with van der Waals surface area (Å²) in [6.07, 6.45) is 5.00. The van der Waals surface area contributed by atoms with E-state index in [4.69, 9.17) is 30.8 Å². The normalized spacial score (nSPS) is 14.6. The summed E-state index contributed by atoms with van der Waals surface area (Å²) in [6.45, 7) is 1.30. The summed E-state index contributed by atoms with van der Waals surface area (Å²) < 4.78 is 17.6. The monoisotopic (exact) mass is 620 g/mol. The largest absolute Gasteiger partial charge is 0.497 e. The third kappa shape index (κ3) is 7.29. The molecule has 0 aliphatic carbocycles. The molecule has 44 heavy (non-hydrogen) atoms. The number of benzene rings is 2. The molecular weight excluding hydrogens is 588 g/mol. The van der Waals surface area contributed by atoms with E-state index in [0.717, 1.165) is 5.56 Å². The second kappa shape index (κ2) is 14.0. The van der Waals surface area contributed by atoms with Crippen molar-refractivity contribution in [2.75, 3.05) is 51.2 Å². The Bertz CT molecular complexity index is 1590. The van der Waals surface area contributed by atoms with Gasteiger partial charge in [-0.15, -0.1) is 0 Å². The number of hydrogen-bond acceptors (Lipinski definition) is 9. The Hall–Kier alpha value is -5.04. The maximum absolute atomic E-state index is 13.4. The molecule has 1 aliphatic rings. The van der Waals surface area contributed by atoms with Crippen molar-refractivity contribution in [3.8, 4) is 23.2 Å². The molecule has 0 saturated carbocycles. The van der Waals surface area contributed by atoms with Crippen LogP contribution in [0.2, 0.25) is 5.15 Å². The van der Waals surface area contributed by atoms with Crippen LogP contribution in [0.1, 0.15) is 12.0 Å². The van der Waals surface area contributed by atoms with Crippen molar-refractivity contribution < 1.29 is 23.8 Å². The van der Waals surface area contributed by atoms with Gasteiger partial charge in [-0.3, -0.25) is 9.36 Å². The van der Waals surface area contributed by atoms with Crippen LogP contribution in [0.3, 0.4) is 0 Å². The van der Waals surface area contributed by atoms with Gasteiger partial charge in [-0.25, -0.2) is 14.8 Å². The van der Waals surface area contributed by atoms with Crippen LogP contribution < -0.4 is 29.7 Å². The van der Waals surface area contributed by atoms with E-state index in [1.807, 2.05) is 11.0 Å². The Kier molecular flexibility index (Phi) is 9.65. The lowest BCUT2D eigenvalue weighted by Gasteiger charge is -2.42. The first-order valence-corrected chi connectivity index (χ1v) is 14.2. The lowest BCUT2D eigenvalue weighted by molar-refractivity contribution is -0.121. The number of hydrogen-bond donors (Lipinski definition) is 2. The number of nitrogens with one attached hydrogen (secondary N) is 2. The first kappa shape index (κ1) is 30.4. The number of amides is 3. The van der Waals surface area contributed by atoms with E-state index in [0.29, 0.717) is 47.8 Å². The average Bonchev–Trinajstić information content (AvgIpc) is 3.59. The SMILES string of the molecule is COc1ccc(NC(=O)N2CCN(c3cc(Cl)nc(-n4ccnc4)n3)C(CC(=O)NCc3cc(OC)ccc3OC)C2)cc1. The van der Waals surface area contributed by atoms with Crippen LogP contribution in [0.25, 0.3) is 5.95 Å². The van der Waals surface area contributed by atoms with Gasteiger partial charge in [-0.2, -0.15) is 4.98 Å². The molecule has 0 radical (unpaired) electrons. The first-order valence-electron chi connectivity index (χ1n) is 13.8. The molecule has 3 heterocycles. The van der Waals surface area contributed by atoms with Crippen molar-refractivity contribution in [2.45, 2.75) is 19.0 Å². The smallest absolute Gasteiger partial charge is 0.321 e. The van der Waals surface area contributed by atoms with Crippen LogP contribution >= 0.6 is 11.6 Å². The van der Waals surface area contributed by atoms with E-state index in [9.17, 15) is 9.59 Å². The van der Waals surface area contributed by atoms with Gasteiger partial charge in [0.15, 0.2) is 0 Å². The maximum Gasteiger partial charge on any atom is 0.321 e. The summed E-state index contributed by atoms with van der Waals surface area (Å²) in [5.41, 5.74) is 1.40. The van der Waals surface area contributed by atoms with Crippen molar-refractivity contribution in [2.24, 2.45) is 0 Å². The predicted molar refractivity (Wildman–Crippen MR) is 165 cm³/mol. The van der Waals surface area contributed by atoms with Gasteiger partial charge in [0.2, 0.25) is 11.9 Å². The Labute approximate surface area is 259 Å². The summed E-state index contributed by atoms with van der Waals surface area (Å²) in [6, 6.07) is 13.4. The van der Waals surface area contributed by atoms with Gasteiger partial charge >= 0.3 is 6.03 Å². The molecular formula is C30H33ClN8O5. The van der Waals surface area contributed by atoms with Gasteiger partial charge in [0, 0.05) is 62.3 Å². The minimum atomic E-state index is -0.417. The fraction of sp³-hybridized carbons (Fsp3) is 0.300. The van der Waals surface area contributed by atoms with Gasteiger partial charge in [0.25, 0.3) is 0 Å². The van der Waals surface area contributed by atoms with Crippen molar-refractivity contribution in [1.82, 2.24) is 29.7 Å². The molecule has 2 aromatic heterocycles. The molecule has 3 amide bonds. The molecule has 230 valence electrons. The van der Waals surface area contributed by atoms with E-state index >= 15 is 0 Å². The summed E-state index contributed by atoms with van der Waals surface area (Å²) in [5, 5.41) is 6.15. The number of imidazole rings is 1. The van der Waals surface area contributed by atoms with Crippen LogP contribution in [-0.4, -0.2) is 83.4 Å². The van der Waals surface area contributed by atoms with E-state index in [2.05, 4.69) is 20.6 Å². The molecule has 2 aromatic carbocycles. The number of halogens is 1. The molecule has 0 spiro atoms. The predicted octanol–water partition coefficient (Wildman–Crippen LogP) is 3.77. The van der Waals surface area contributed by atoms with Gasteiger partial charge in [0.05, 0.1) is 27.4 Å². The zero-order valence-electron chi connectivity index (χ0n) is 24.6. The van der Waals surface area contributed by atoms with E-state index in [1.54, 1.807) is 92.0 Å². The molecule has 1 saturated heterocycles. The van der Waals surface area contributed by atoms with E-state index < -0.39 is 6.04 Å². The standard InChI is InChI=1S/C30H33ClN8O5/c1-42-23-6-4-21(5-7-23)34-30(41)37-12-13-39(27-16-26(31)35-29(36-27)38-11-10-32-19-38)22(18-37)15-28(40)33-17-20-14-24(43-2)8-9-25(20)44-3/h4-11,14,16,19,22H,12-13,15,17-18H2,1-3H3,(H,33,40)(H,34,41). The number of carbonyl (C=O) groups is 2. The quantitative estimate of drug-likeness (QED) is 0.254. The Morgan fingerprint density at radius 1 is 0.977 bits per heavy atom. The van der Waals surface area contributed by atoms with Crippen LogP contribution in [0.5, 0.6) is 17.2 Å². The number of anilines is 2. The molecule has 0 bridgehead atoms. The minimum absolute atomic E-state index is 0.0840. The Morgan fingerprint density at radius 2 is 1.75 bits per heavy atom. The summed E-state index contributed by atoms with van der Waals surface area (Å²) in [4.78, 5) is 43.4. The van der Waals surface area contributed by atoms with Crippen molar-refractivity contribution in [3.05, 3.63) is 78.0 Å². The van der Waals surface area contributed by atoms with Crippen molar-refractivity contribution in [3.63, 3.8) is 0 Å². The number of methoxy groups -OCH3 is 3. The average molecular weight is 621 g/mol. The summed E-state index contributed by atoms with van der Waals surface area (Å²) in [7, 11) is 4.74. The molecule has 5 rings (SSSR count). The number of ether oxygens (including phenoxy) is 3. The second-order valence-corrected chi connectivity index (χ2v) is 10.3. The van der Waals surface area contributed by atoms with Crippen molar-refractivity contribution >= 4 is 35.0 Å². The number of piperazine rings is 1. The third-order valence-electron chi connectivity index (χ3n) is 7.20. The van der Waals surface area contributed by atoms with E-state index in [1.165, 1.54) is 0 Å². The molecule has 4 aromatic rings.